The van der Waals surface area contributed by atoms with Crippen molar-refractivity contribution in [3.05, 3.63) is 20.8 Å². The molecule has 6 heteroatoms. The fourth-order valence-electron chi connectivity index (χ4n) is 0.665. The highest BCUT2D eigenvalue weighted by Gasteiger charge is 1.97. The standard InChI is InChI=1S/C6H8BrN3S2/c7-5-2-1-4(12-5)3-9-6(11)10-8/h1-2H,3,8H2,(H2,9,10,11). The van der Waals surface area contributed by atoms with Gasteiger partial charge in [-0.1, -0.05) is 0 Å². The van der Waals surface area contributed by atoms with Crippen molar-refractivity contribution in [2.45, 2.75) is 6.54 Å². The Hall–Kier alpha value is -0.170. The molecule has 1 heterocycles. The van der Waals surface area contributed by atoms with Crippen molar-refractivity contribution in [2.75, 3.05) is 0 Å². The summed E-state index contributed by atoms with van der Waals surface area (Å²) in [5.41, 5.74) is 2.36. The molecule has 12 heavy (non-hydrogen) atoms. The van der Waals surface area contributed by atoms with Crippen LogP contribution in [0.1, 0.15) is 4.88 Å². The number of hydrazine groups is 1. The molecule has 0 atom stereocenters. The first-order valence-electron chi connectivity index (χ1n) is 3.21. The molecule has 0 spiro atoms. The van der Waals surface area contributed by atoms with Crippen LogP contribution in [0.5, 0.6) is 0 Å². The van der Waals surface area contributed by atoms with Crippen molar-refractivity contribution in [1.29, 1.82) is 0 Å². The second-order valence-corrected chi connectivity index (χ2v) is 4.99. The predicted octanol–water partition coefficient (Wildman–Crippen LogP) is 1.35. The first-order chi connectivity index (χ1) is 5.72. The van der Waals surface area contributed by atoms with E-state index in [0.717, 1.165) is 3.79 Å². The molecule has 1 aromatic rings. The van der Waals surface area contributed by atoms with Gasteiger partial charge in [-0.15, -0.1) is 11.3 Å². The second kappa shape index (κ2) is 4.76. The summed E-state index contributed by atoms with van der Waals surface area (Å²) in [5, 5.41) is 3.40. The molecule has 0 aliphatic carbocycles. The van der Waals surface area contributed by atoms with Gasteiger partial charge < -0.3 is 10.7 Å². The van der Waals surface area contributed by atoms with E-state index in [1.165, 1.54) is 4.88 Å². The van der Waals surface area contributed by atoms with Crippen molar-refractivity contribution >= 4 is 44.6 Å². The molecule has 0 aliphatic rings. The molecule has 0 radical (unpaired) electrons. The van der Waals surface area contributed by atoms with E-state index in [1.807, 2.05) is 12.1 Å². The lowest BCUT2D eigenvalue weighted by atomic mass is 10.5. The zero-order valence-electron chi connectivity index (χ0n) is 6.13. The van der Waals surface area contributed by atoms with Gasteiger partial charge in [-0.2, -0.15) is 0 Å². The van der Waals surface area contributed by atoms with E-state index in [0.29, 0.717) is 11.7 Å². The molecule has 0 fully saturated rings. The molecular weight excluding hydrogens is 258 g/mol. The number of hydrogen-bond acceptors (Lipinski definition) is 3. The lowest BCUT2D eigenvalue weighted by Gasteiger charge is -2.03. The Morgan fingerprint density at radius 3 is 2.92 bits per heavy atom. The van der Waals surface area contributed by atoms with Crippen LogP contribution in [-0.2, 0) is 6.54 Å². The molecule has 1 rings (SSSR count). The number of rotatable bonds is 2. The van der Waals surface area contributed by atoms with Crippen LogP contribution in [0, 0.1) is 0 Å². The minimum atomic E-state index is 0.458. The quantitative estimate of drug-likeness (QED) is 0.429. The summed E-state index contributed by atoms with van der Waals surface area (Å²) in [4.78, 5) is 1.21. The van der Waals surface area contributed by atoms with E-state index in [4.69, 9.17) is 18.1 Å². The summed E-state index contributed by atoms with van der Waals surface area (Å²) in [5.74, 6) is 5.08. The van der Waals surface area contributed by atoms with Gasteiger partial charge in [0.1, 0.15) is 0 Å². The summed E-state index contributed by atoms with van der Waals surface area (Å²) >= 11 is 9.85. The van der Waals surface area contributed by atoms with Gasteiger partial charge in [0.05, 0.1) is 10.3 Å². The van der Waals surface area contributed by atoms with Crippen LogP contribution in [0.3, 0.4) is 0 Å². The number of nitrogens with one attached hydrogen (secondary N) is 2. The Labute approximate surface area is 88.4 Å². The summed E-state index contributed by atoms with van der Waals surface area (Å²) in [7, 11) is 0. The summed E-state index contributed by atoms with van der Waals surface area (Å²) in [6.07, 6.45) is 0. The van der Waals surface area contributed by atoms with Crippen LogP contribution >= 0.6 is 39.5 Å². The van der Waals surface area contributed by atoms with Crippen molar-refractivity contribution in [2.24, 2.45) is 5.84 Å². The van der Waals surface area contributed by atoms with Crippen LogP contribution in [0.25, 0.3) is 0 Å². The fourth-order valence-corrected chi connectivity index (χ4v) is 2.16. The Bertz CT molecular complexity index is 274. The van der Waals surface area contributed by atoms with Crippen molar-refractivity contribution in [1.82, 2.24) is 10.7 Å². The van der Waals surface area contributed by atoms with Gasteiger partial charge in [-0.3, -0.25) is 0 Å². The van der Waals surface area contributed by atoms with Crippen LogP contribution in [0.2, 0.25) is 0 Å². The van der Waals surface area contributed by atoms with Crippen LogP contribution in [-0.4, -0.2) is 5.11 Å². The highest BCUT2D eigenvalue weighted by atomic mass is 79.9. The lowest BCUT2D eigenvalue weighted by Crippen LogP contribution is -2.39. The second-order valence-electron chi connectivity index (χ2n) is 2.03. The zero-order valence-corrected chi connectivity index (χ0v) is 9.35. The summed E-state index contributed by atoms with van der Waals surface area (Å²) in [6, 6.07) is 4.03. The number of hydrogen-bond donors (Lipinski definition) is 3. The molecule has 1 aromatic heterocycles. The van der Waals surface area contributed by atoms with E-state index < -0.39 is 0 Å². The Morgan fingerprint density at radius 2 is 2.42 bits per heavy atom. The largest absolute Gasteiger partial charge is 0.357 e. The zero-order chi connectivity index (χ0) is 8.97. The normalized spacial score (nSPS) is 9.50. The highest BCUT2D eigenvalue weighted by Crippen LogP contribution is 2.21. The topological polar surface area (TPSA) is 50.1 Å². The maximum Gasteiger partial charge on any atom is 0.180 e. The van der Waals surface area contributed by atoms with Crippen LogP contribution in [0.4, 0.5) is 0 Å². The summed E-state index contributed by atoms with van der Waals surface area (Å²) < 4.78 is 1.12. The number of halogens is 1. The number of nitrogens with two attached hydrogens (primary N) is 1. The van der Waals surface area contributed by atoms with Crippen molar-refractivity contribution in [3.8, 4) is 0 Å². The predicted molar refractivity (Wildman–Crippen MR) is 58.8 cm³/mol. The minimum absolute atomic E-state index is 0.458. The Balaban J connectivity index is 2.38. The molecule has 0 aliphatic heterocycles. The van der Waals surface area contributed by atoms with Gasteiger partial charge >= 0.3 is 0 Å². The Kier molecular flexibility index (Phi) is 3.93. The molecule has 0 saturated heterocycles. The molecule has 4 N–H and O–H groups in total. The lowest BCUT2D eigenvalue weighted by molar-refractivity contribution is 0.878. The highest BCUT2D eigenvalue weighted by molar-refractivity contribution is 9.11. The first kappa shape index (κ1) is 9.91. The Morgan fingerprint density at radius 1 is 1.67 bits per heavy atom. The number of thiophene rings is 1. The van der Waals surface area contributed by atoms with Crippen molar-refractivity contribution in [3.63, 3.8) is 0 Å². The molecule has 0 unspecified atom stereocenters. The molecular formula is C6H8BrN3S2. The molecule has 0 aromatic carbocycles. The third-order valence-electron chi connectivity index (χ3n) is 1.18. The van der Waals surface area contributed by atoms with E-state index >= 15 is 0 Å². The first-order valence-corrected chi connectivity index (χ1v) is 5.23. The number of thiocarbonyl (C=S) groups is 1. The van der Waals surface area contributed by atoms with Crippen molar-refractivity contribution < 1.29 is 0 Å². The molecule has 0 amide bonds. The SMILES string of the molecule is NNC(=S)NCc1ccc(Br)s1. The van der Waals surface area contributed by atoms with E-state index in [9.17, 15) is 0 Å². The van der Waals surface area contributed by atoms with Gasteiger partial charge in [0.2, 0.25) is 0 Å². The van der Waals surface area contributed by atoms with E-state index in [1.54, 1.807) is 11.3 Å². The third kappa shape index (κ3) is 3.06. The molecule has 0 bridgehead atoms. The third-order valence-corrected chi connectivity index (χ3v) is 3.07. The van der Waals surface area contributed by atoms with Gasteiger partial charge in [0.25, 0.3) is 0 Å². The van der Waals surface area contributed by atoms with Gasteiger partial charge in [-0.05, 0) is 40.3 Å². The monoisotopic (exact) mass is 265 g/mol. The molecule has 66 valence electrons. The average Bonchev–Trinajstić information content (AvgIpc) is 2.47. The minimum Gasteiger partial charge on any atom is -0.357 e. The average molecular weight is 266 g/mol. The van der Waals surface area contributed by atoms with Crippen LogP contribution < -0.4 is 16.6 Å². The molecule has 3 nitrogen and oxygen atoms in total. The van der Waals surface area contributed by atoms with E-state index in [-0.39, 0.29) is 0 Å². The fraction of sp³-hybridized carbons (Fsp3) is 0.167. The van der Waals surface area contributed by atoms with Gasteiger partial charge in [0.15, 0.2) is 5.11 Å². The maximum atomic E-state index is 5.08. The summed E-state index contributed by atoms with van der Waals surface area (Å²) in [6.45, 7) is 0.708. The van der Waals surface area contributed by atoms with Gasteiger partial charge in [0, 0.05) is 4.88 Å². The molecule has 0 saturated carbocycles. The van der Waals surface area contributed by atoms with E-state index in [2.05, 4.69) is 26.7 Å². The maximum absolute atomic E-state index is 5.08. The van der Waals surface area contributed by atoms with Crippen LogP contribution in [0.15, 0.2) is 15.9 Å². The van der Waals surface area contributed by atoms with Gasteiger partial charge in [-0.25, -0.2) is 5.84 Å². The smallest absolute Gasteiger partial charge is 0.180 e.